The maximum atomic E-state index is 8.53. The zero-order chi connectivity index (χ0) is 45.3. The summed E-state index contributed by atoms with van der Waals surface area (Å²) in [5.74, 6) is 0. The molecule has 10 aromatic rings. The molecular formula is C52H36N2S. The fourth-order valence-electron chi connectivity index (χ4n) is 7.18. The smallest absolute Gasteiger partial charge is 0.101 e. The molecular weight excluding hydrogens is 685 g/mol. The molecule has 0 spiro atoms. The lowest BCUT2D eigenvalue weighted by Crippen LogP contribution is -2.08. The van der Waals surface area contributed by atoms with E-state index in [9.17, 15) is 0 Å². The zero-order valence-electron chi connectivity index (χ0n) is 39.3. The first-order valence-corrected chi connectivity index (χ1v) is 18.7. The summed E-state index contributed by atoms with van der Waals surface area (Å²) < 4.78 is 85.3. The second-order valence-electron chi connectivity index (χ2n) is 13.1. The molecule has 0 aliphatic rings. The molecule has 0 fully saturated rings. The van der Waals surface area contributed by atoms with Crippen LogP contribution in [0.25, 0.3) is 71.3 Å². The molecule has 0 atom stereocenters. The zero-order valence-corrected chi connectivity index (χ0v) is 30.1. The predicted molar refractivity (Wildman–Crippen MR) is 235 cm³/mol. The van der Waals surface area contributed by atoms with E-state index in [1.807, 2.05) is 41.3 Å². The second-order valence-corrected chi connectivity index (χ2v) is 14.1. The quantitative estimate of drug-likeness (QED) is 0.151. The molecule has 8 aromatic carbocycles. The third-order valence-corrected chi connectivity index (χ3v) is 10.9. The van der Waals surface area contributed by atoms with Crippen LogP contribution in [0.1, 0.15) is 13.7 Å². The lowest BCUT2D eigenvalue weighted by molar-refractivity contribution is 1.18. The Morgan fingerprint density at radius 3 is 1.55 bits per heavy atom. The standard InChI is InChI=1S/C52H36N2S/c1-4-12-37(13-5-1)39-24-29-45(30-25-39)53(46-31-26-40(27-32-46)38-14-6-2-7-15-38)52-35-34-51(55-52)42-22-20-41(21-23-42)43-28-33-50-48(36-43)47-18-10-11-19-49(47)54(50)44-16-8-3-9-17-44/h1-36H/i1D,2D,4D,5D,6D,7D,12D,13D,14D,15D. The van der Waals surface area contributed by atoms with Crippen molar-refractivity contribution in [3.8, 4) is 49.5 Å². The number of rotatable bonds is 8. The van der Waals surface area contributed by atoms with Crippen LogP contribution >= 0.6 is 11.3 Å². The normalized spacial score (nSPS) is 13.8. The topological polar surface area (TPSA) is 8.17 Å². The van der Waals surface area contributed by atoms with E-state index in [-0.39, 0.29) is 35.3 Å². The van der Waals surface area contributed by atoms with Gasteiger partial charge >= 0.3 is 0 Å². The molecule has 0 saturated heterocycles. The maximum Gasteiger partial charge on any atom is 0.101 e. The van der Waals surface area contributed by atoms with Crippen LogP contribution in [0.2, 0.25) is 0 Å². The molecule has 2 aromatic heterocycles. The van der Waals surface area contributed by atoms with Gasteiger partial charge < -0.3 is 9.47 Å². The van der Waals surface area contributed by atoms with Crippen molar-refractivity contribution in [2.75, 3.05) is 4.90 Å². The molecule has 0 aliphatic carbocycles. The summed E-state index contributed by atoms with van der Waals surface area (Å²) in [6.07, 6.45) is 0. The minimum atomic E-state index is -0.452. The monoisotopic (exact) mass is 730 g/mol. The summed E-state index contributed by atoms with van der Waals surface area (Å²) in [4.78, 5) is 3.05. The van der Waals surface area contributed by atoms with E-state index in [0.717, 1.165) is 54.7 Å². The molecule has 0 radical (unpaired) electrons. The van der Waals surface area contributed by atoms with Crippen LogP contribution in [-0.2, 0) is 0 Å². The Balaban J connectivity index is 1.01. The van der Waals surface area contributed by atoms with Gasteiger partial charge in [0.2, 0.25) is 0 Å². The van der Waals surface area contributed by atoms with E-state index in [4.69, 9.17) is 13.7 Å². The number of fused-ring (bicyclic) bond motifs is 3. The lowest BCUT2D eigenvalue weighted by Gasteiger charge is -2.24. The van der Waals surface area contributed by atoms with Crippen molar-refractivity contribution in [3.05, 3.63) is 218 Å². The van der Waals surface area contributed by atoms with Crippen LogP contribution in [0.4, 0.5) is 16.4 Å². The van der Waals surface area contributed by atoms with Crippen molar-refractivity contribution in [1.29, 1.82) is 0 Å². The minimum Gasteiger partial charge on any atom is -0.309 e. The number of anilines is 3. The van der Waals surface area contributed by atoms with Gasteiger partial charge in [-0.3, -0.25) is 0 Å². The number of aromatic nitrogens is 1. The SMILES string of the molecule is [2H]c1c([2H])c([2H])c(-c2ccc(N(c3ccc(-c4c([2H])c([2H])c([2H])c([2H])c4[2H])cc3)c3ccc(-c4ccc(-c5ccc6c(c5)c5ccccc5n6-c5ccccc5)cc4)s3)cc2)c([2H])c1[2H]. The Hall–Kier alpha value is -6.94. The predicted octanol–water partition coefficient (Wildman–Crippen LogP) is 15.0. The van der Waals surface area contributed by atoms with Gasteiger partial charge in [-0.05, 0) is 106 Å². The third-order valence-electron chi connectivity index (χ3n) is 9.83. The average Bonchev–Trinajstić information content (AvgIpc) is 3.96. The summed E-state index contributed by atoms with van der Waals surface area (Å²) in [6, 6.07) is 48.7. The van der Waals surface area contributed by atoms with Crippen LogP contribution in [0, 0.1) is 0 Å². The van der Waals surface area contributed by atoms with Gasteiger partial charge in [-0.25, -0.2) is 0 Å². The van der Waals surface area contributed by atoms with E-state index in [1.54, 1.807) is 35.6 Å². The first-order chi connectivity index (χ1) is 31.4. The molecule has 55 heavy (non-hydrogen) atoms. The highest BCUT2D eigenvalue weighted by Crippen LogP contribution is 2.43. The summed E-state index contributed by atoms with van der Waals surface area (Å²) in [6.45, 7) is 0. The average molecular weight is 731 g/mol. The Morgan fingerprint density at radius 1 is 0.400 bits per heavy atom. The molecule has 0 N–H and O–H groups in total. The molecule has 2 heterocycles. The Labute approximate surface area is 339 Å². The molecule has 0 saturated carbocycles. The largest absolute Gasteiger partial charge is 0.309 e. The molecule has 0 bridgehead atoms. The van der Waals surface area contributed by atoms with E-state index in [2.05, 4.69) is 102 Å². The van der Waals surface area contributed by atoms with Gasteiger partial charge in [0.05, 0.1) is 24.7 Å². The van der Waals surface area contributed by atoms with Gasteiger partial charge in [-0.15, -0.1) is 11.3 Å². The van der Waals surface area contributed by atoms with Gasteiger partial charge in [0.1, 0.15) is 5.00 Å². The number of hydrogen-bond donors (Lipinski definition) is 0. The van der Waals surface area contributed by atoms with Crippen LogP contribution < -0.4 is 4.90 Å². The summed E-state index contributed by atoms with van der Waals surface area (Å²) in [5, 5.41) is 3.22. The van der Waals surface area contributed by atoms with Crippen molar-refractivity contribution in [1.82, 2.24) is 4.57 Å². The second kappa shape index (κ2) is 14.1. The van der Waals surface area contributed by atoms with Gasteiger partial charge in [0.25, 0.3) is 0 Å². The first kappa shape index (κ1) is 23.7. The first-order valence-electron chi connectivity index (χ1n) is 22.9. The maximum absolute atomic E-state index is 8.53. The summed E-state index contributed by atoms with van der Waals surface area (Å²) in [7, 11) is 0. The molecule has 0 aliphatic heterocycles. The van der Waals surface area contributed by atoms with Crippen molar-refractivity contribution < 1.29 is 13.7 Å². The van der Waals surface area contributed by atoms with Crippen LogP contribution in [0.15, 0.2) is 218 Å². The van der Waals surface area contributed by atoms with Crippen molar-refractivity contribution in [2.24, 2.45) is 0 Å². The molecule has 3 heteroatoms. The Morgan fingerprint density at radius 2 is 0.909 bits per heavy atom. The number of thiophene rings is 1. The summed E-state index contributed by atoms with van der Waals surface area (Å²) in [5.41, 5.74) is 9.23. The highest BCUT2D eigenvalue weighted by atomic mass is 32.1. The Kier molecular flexibility index (Phi) is 6.08. The minimum absolute atomic E-state index is 0.109. The van der Waals surface area contributed by atoms with Gasteiger partial charge in [-0.1, -0.05) is 151 Å². The lowest BCUT2D eigenvalue weighted by atomic mass is 10.0. The number of benzene rings is 8. The molecule has 0 amide bonds. The van der Waals surface area contributed by atoms with Gasteiger partial charge in [0.15, 0.2) is 0 Å². The fourth-order valence-corrected chi connectivity index (χ4v) is 8.24. The Bertz CT molecular complexity index is 3300. The van der Waals surface area contributed by atoms with E-state index in [1.165, 1.54) is 10.8 Å². The highest BCUT2D eigenvalue weighted by molar-refractivity contribution is 7.19. The van der Waals surface area contributed by atoms with Gasteiger partial charge in [0, 0.05) is 32.7 Å². The molecule has 0 unspecified atom stereocenters. The number of nitrogens with zero attached hydrogens (tertiary/aromatic N) is 2. The van der Waals surface area contributed by atoms with E-state index in [0.29, 0.717) is 11.1 Å². The van der Waals surface area contributed by atoms with Crippen LogP contribution in [0.3, 0.4) is 0 Å². The summed E-state index contributed by atoms with van der Waals surface area (Å²) >= 11 is 1.57. The highest BCUT2D eigenvalue weighted by Gasteiger charge is 2.17. The van der Waals surface area contributed by atoms with Gasteiger partial charge in [-0.2, -0.15) is 0 Å². The van der Waals surface area contributed by atoms with Crippen LogP contribution in [0.5, 0.6) is 0 Å². The van der Waals surface area contributed by atoms with E-state index >= 15 is 0 Å². The number of hydrogen-bond acceptors (Lipinski definition) is 2. The molecule has 260 valence electrons. The molecule has 2 nitrogen and oxygen atoms in total. The number of para-hydroxylation sites is 2. The van der Waals surface area contributed by atoms with Crippen molar-refractivity contribution in [2.45, 2.75) is 0 Å². The molecule has 10 rings (SSSR count). The third kappa shape index (κ3) is 6.21. The fraction of sp³-hybridized carbons (Fsp3) is 0. The van der Waals surface area contributed by atoms with Crippen molar-refractivity contribution in [3.63, 3.8) is 0 Å². The van der Waals surface area contributed by atoms with Crippen LogP contribution in [-0.4, -0.2) is 4.57 Å². The van der Waals surface area contributed by atoms with Crippen molar-refractivity contribution >= 4 is 49.5 Å². The van der Waals surface area contributed by atoms with E-state index < -0.39 is 36.3 Å².